The maximum absolute atomic E-state index is 12.0. The van der Waals surface area contributed by atoms with Crippen LogP contribution in [0.15, 0.2) is 73.0 Å². The summed E-state index contributed by atoms with van der Waals surface area (Å²) in [4.78, 5) is 12.0. The molecule has 0 spiro atoms. The highest BCUT2D eigenvalue weighted by atomic mass is 16.6. The van der Waals surface area contributed by atoms with Crippen molar-refractivity contribution in [1.29, 1.82) is 0 Å². The molecular weight excluding hydrogens is 252 g/mol. The van der Waals surface area contributed by atoms with E-state index in [1.54, 1.807) is 31.4 Å². The standard InChI is InChI=1S/C17H16O3/c1-13(16(19-2)14-9-5-3-6-10-14)20-17(18)15-11-7-4-8-12-15/h3-12,16H,1H2,2H3. The summed E-state index contributed by atoms with van der Waals surface area (Å²) in [6, 6.07) is 18.3. The molecule has 2 aromatic rings. The lowest BCUT2D eigenvalue weighted by Crippen LogP contribution is -2.12. The molecule has 0 aromatic heterocycles. The first kappa shape index (κ1) is 14.0. The van der Waals surface area contributed by atoms with E-state index in [0.29, 0.717) is 5.56 Å². The number of carbonyl (C=O) groups excluding carboxylic acids is 1. The Morgan fingerprint density at radius 3 is 2.10 bits per heavy atom. The summed E-state index contributed by atoms with van der Waals surface area (Å²) in [6.45, 7) is 3.80. The molecule has 0 aliphatic carbocycles. The van der Waals surface area contributed by atoms with Gasteiger partial charge in [-0.05, 0) is 17.7 Å². The summed E-state index contributed by atoms with van der Waals surface area (Å²) in [6.07, 6.45) is -0.469. The Hall–Kier alpha value is -2.39. The fraction of sp³-hybridized carbons (Fsp3) is 0.118. The van der Waals surface area contributed by atoms with Gasteiger partial charge in [0.1, 0.15) is 11.9 Å². The second kappa shape index (κ2) is 6.68. The summed E-state index contributed by atoms with van der Waals surface area (Å²) in [5.74, 6) is -0.166. The minimum atomic E-state index is -0.469. The molecule has 20 heavy (non-hydrogen) atoms. The van der Waals surface area contributed by atoms with Crippen molar-refractivity contribution in [2.24, 2.45) is 0 Å². The van der Waals surface area contributed by atoms with Crippen LogP contribution in [-0.2, 0) is 9.47 Å². The van der Waals surface area contributed by atoms with Crippen LogP contribution in [0.4, 0.5) is 0 Å². The molecule has 2 aromatic carbocycles. The van der Waals surface area contributed by atoms with Crippen LogP contribution in [0.25, 0.3) is 0 Å². The Morgan fingerprint density at radius 1 is 1.00 bits per heavy atom. The first-order chi connectivity index (χ1) is 9.72. The van der Waals surface area contributed by atoms with Crippen LogP contribution in [0.3, 0.4) is 0 Å². The van der Waals surface area contributed by atoms with Gasteiger partial charge in [0.15, 0.2) is 0 Å². The Labute approximate surface area is 118 Å². The first-order valence-electron chi connectivity index (χ1n) is 6.26. The molecule has 3 nitrogen and oxygen atoms in total. The minimum absolute atomic E-state index is 0.271. The number of hydrogen-bond donors (Lipinski definition) is 0. The first-order valence-corrected chi connectivity index (χ1v) is 6.26. The molecule has 0 N–H and O–H groups in total. The third-order valence-electron chi connectivity index (χ3n) is 2.86. The number of hydrogen-bond acceptors (Lipinski definition) is 3. The van der Waals surface area contributed by atoms with Gasteiger partial charge in [0.05, 0.1) is 5.56 Å². The van der Waals surface area contributed by atoms with Gasteiger partial charge in [0.2, 0.25) is 0 Å². The lowest BCUT2D eigenvalue weighted by Gasteiger charge is -2.18. The summed E-state index contributed by atoms with van der Waals surface area (Å²) >= 11 is 0. The van der Waals surface area contributed by atoms with Crippen molar-refractivity contribution in [1.82, 2.24) is 0 Å². The molecular formula is C17H16O3. The molecule has 0 bridgehead atoms. The van der Waals surface area contributed by atoms with E-state index in [9.17, 15) is 4.79 Å². The third kappa shape index (κ3) is 3.33. The van der Waals surface area contributed by atoms with E-state index in [4.69, 9.17) is 9.47 Å². The average molecular weight is 268 g/mol. The second-order valence-corrected chi connectivity index (χ2v) is 4.25. The van der Waals surface area contributed by atoms with Crippen molar-refractivity contribution in [3.63, 3.8) is 0 Å². The van der Waals surface area contributed by atoms with E-state index in [0.717, 1.165) is 5.56 Å². The molecule has 0 fully saturated rings. The zero-order valence-corrected chi connectivity index (χ0v) is 11.3. The van der Waals surface area contributed by atoms with Crippen molar-refractivity contribution >= 4 is 5.97 Å². The molecule has 0 heterocycles. The molecule has 3 heteroatoms. The van der Waals surface area contributed by atoms with Gasteiger partial charge in [-0.25, -0.2) is 4.79 Å². The SMILES string of the molecule is C=C(OC(=O)c1ccccc1)C(OC)c1ccccc1. The van der Waals surface area contributed by atoms with E-state index >= 15 is 0 Å². The molecule has 0 aliphatic rings. The Kier molecular flexibility index (Phi) is 4.69. The summed E-state index contributed by atoms with van der Waals surface area (Å²) < 4.78 is 10.6. The van der Waals surface area contributed by atoms with Crippen molar-refractivity contribution in [3.8, 4) is 0 Å². The largest absolute Gasteiger partial charge is 0.425 e. The van der Waals surface area contributed by atoms with Gasteiger partial charge in [0.25, 0.3) is 0 Å². The molecule has 0 radical (unpaired) electrons. The topological polar surface area (TPSA) is 35.5 Å². The monoisotopic (exact) mass is 268 g/mol. The summed E-state index contributed by atoms with van der Waals surface area (Å²) in [5, 5.41) is 0. The van der Waals surface area contributed by atoms with E-state index in [1.807, 2.05) is 36.4 Å². The summed E-state index contributed by atoms with van der Waals surface area (Å²) in [5.41, 5.74) is 1.37. The lowest BCUT2D eigenvalue weighted by atomic mass is 10.1. The maximum Gasteiger partial charge on any atom is 0.343 e. The average Bonchev–Trinajstić information content (AvgIpc) is 2.50. The van der Waals surface area contributed by atoms with Gasteiger partial charge in [-0.15, -0.1) is 0 Å². The van der Waals surface area contributed by atoms with Crippen molar-refractivity contribution < 1.29 is 14.3 Å². The molecule has 0 saturated heterocycles. The van der Waals surface area contributed by atoms with Crippen molar-refractivity contribution in [2.75, 3.05) is 7.11 Å². The molecule has 1 atom stereocenters. The van der Waals surface area contributed by atoms with Crippen LogP contribution in [-0.4, -0.2) is 13.1 Å². The third-order valence-corrected chi connectivity index (χ3v) is 2.86. The van der Waals surface area contributed by atoms with E-state index < -0.39 is 12.1 Å². The Bertz CT molecular complexity index is 576. The van der Waals surface area contributed by atoms with Gasteiger partial charge in [-0.2, -0.15) is 0 Å². The fourth-order valence-electron chi connectivity index (χ4n) is 1.89. The minimum Gasteiger partial charge on any atom is -0.425 e. The highest BCUT2D eigenvalue weighted by molar-refractivity contribution is 5.90. The zero-order chi connectivity index (χ0) is 14.4. The van der Waals surface area contributed by atoms with Crippen LogP contribution >= 0.6 is 0 Å². The molecule has 0 amide bonds. The van der Waals surface area contributed by atoms with E-state index in [1.165, 1.54) is 0 Å². The maximum atomic E-state index is 12.0. The molecule has 0 aliphatic heterocycles. The Morgan fingerprint density at radius 2 is 1.55 bits per heavy atom. The number of ether oxygens (including phenoxy) is 2. The molecule has 1 unspecified atom stereocenters. The Balaban J connectivity index is 2.09. The molecule has 102 valence electrons. The van der Waals surface area contributed by atoms with Gasteiger partial charge in [-0.1, -0.05) is 55.1 Å². The van der Waals surface area contributed by atoms with E-state index in [2.05, 4.69) is 6.58 Å². The zero-order valence-electron chi connectivity index (χ0n) is 11.3. The predicted molar refractivity (Wildman–Crippen MR) is 77.2 cm³/mol. The number of esters is 1. The van der Waals surface area contributed by atoms with Crippen LogP contribution < -0.4 is 0 Å². The van der Waals surface area contributed by atoms with Crippen LogP contribution in [0, 0.1) is 0 Å². The van der Waals surface area contributed by atoms with Crippen molar-refractivity contribution in [2.45, 2.75) is 6.10 Å². The quantitative estimate of drug-likeness (QED) is 0.612. The lowest BCUT2D eigenvalue weighted by molar-refractivity contribution is 0.0414. The molecule has 2 rings (SSSR count). The van der Waals surface area contributed by atoms with Crippen molar-refractivity contribution in [3.05, 3.63) is 84.1 Å². The highest BCUT2D eigenvalue weighted by Gasteiger charge is 2.19. The van der Waals surface area contributed by atoms with Gasteiger partial charge >= 0.3 is 5.97 Å². The van der Waals surface area contributed by atoms with Gasteiger partial charge in [-0.3, -0.25) is 0 Å². The van der Waals surface area contributed by atoms with Crippen LogP contribution in [0.2, 0.25) is 0 Å². The normalized spacial score (nSPS) is 11.7. The smallest absolute Gasteiger partial charge is 0.343 e. The fourth-order valence-corrected chi connectivity index (χ4v) is 1.89. The van der Waals surface area contributed by atoms with Gasteiger partial charge < -0.3 is 9.47 Å². The van der Waals surface area contributed by atoms with E-state index in [-0.39, 0.29) is 5.76 Å². The highest BCUT2D eigenvalue weighted by Crippen LogP contribution is 2.25. The number of carbonyl (C=O) groups is 1. The summed E-state index contributed by atoms with van der Waals surface area (Å²) in [7, 11) is 1.55. The molecule has 0 saturated carbocycles. The van der Waals surface area contributed by atoms with Gasteiger partial charge in [0, 0.05) is 7.11 Å². The van der Waals surface area contributed by atoms with Crippen LogP contribution in [0.1, 0.15) is 22.0 Å². The number of benzene rings is 2. The second-order valence-electron chi connectivity index (χ2n) is 4.25. The predicted octanol–water partition coefficient (Wildman–Crippen LogP) is 3.74. The number of methoxy groups -OCH3 is 1. The number of rotatable bonds is 5. The van der Waals surface area contributed by atoms with Crippen LogP contribution in [0.5, 0.6) is 0 Å².